The van der Waals surface area contributed by atoms with E-state index in [0.717, 1.165) is 49.8 Å². The average Bonchev–Trinajstić information content (AvgIpc) is 3.33. The maximum Gasteiger partial charge on any atom is 0.191 e. The van der Waals surface area contributed by atoms with Gasteiger partial charge in [-0.2, -0.15) is 5.10 Å². The van der Waals surface area contributed by atoms with Crippen molar-refractivity contribution in [2.45, 2.75) is 38.9 Å². The van der Waals surface area contributed by atoms with Crippen LogP contribution in [0.5, 0.6) is 0 Å². The van der Waals surface area contributed by atoms with Crippen molar-refractivity contribution in [3.8, 4) is 11.4 Å². The molecule has 2 heterocycles. The zero-order valence-electron chi connectivity index (χ0n) is 18.7. The fourth-order valence-electron chi connectivity index (χ4n) is 4.05. The normalized spacial score (nSPS) is 15.2. The largest absolute Gasteiger partial charge is 0.354 e. The standard InChI is InChI=1S/C24H31N7.HI/c1-18-5-3-7-20(13-18)16-31-11-9-22(10-12-31)29-24(25-2)26-15-19-6-4-8-21(14-19)23-27-17-28-30-23;/h3-8,13-14,17,22H,9-12,15-16H2,1-2H3,(H2,25,26,29)(H,27,28,30);1H. The molecule has 32 heavy (non-hydrogen) atoms. The molecule has 1 aliphatic rings. The second-order valence-corrected chi connectivity index (χ2v) is 8.14. The number of rotatable bonds is 6. The van der Waals surface area contributed by atoms with Crippen LogP contribution < -0.4 is 10.6 Å². The number of benzene rings is 2. The summed E-state index contributed by atoms with van der Waals surface area (Å²) in [5.41, 5.74) is 4.93. The average molecular weight is 545 g/mol. The van der Waals surface area contributed by atoms with Gasteiger partial charge in [-0.1, -0.05) is 48.0 Å². The molecule has 3 N–H and O–H groups in total. The Bertz CT molecular complexity index is 995. The summed E-state index contributed by atoms with van der Waals surface area (Å²) in [6, 6.07) is 17.5. The summed E-state index contributed by atoms with van der Waals surface area (Å²) in [6.45, 7) is 6.09. The zero-order valence-corrected chi connectivity index (χ0v) is 21.0. The highest BCUT2D eigenvalue weighted by Gasteiger charge is 2.20. The highest BCUT2D eigenvalue weighted by Crippen LogP contribution is 2.16. The van der Waals surface area contributed by atoms with Gasteiger partial charge in [-0.15, -0.1) is 24.0 Å². The van der Waals surface area contributed by atoms with Gasteiger partial charge in [0.2, 0.25) is 0 Å². The molecule has 1 saturated heterocycles. The number of hydrogen-bond acceptors (Lipinski definition) is 4. The summed E-state index contributed by atoms with van der Waals surface area (Å²) in [5, 5.41) is 13.9. The number of nitrogens with one attached hydrogen (secondary N) is 3. The Hall–Kier alpha value is -2.46. The highest BCUT2D eigenvalue weighted by molar-refractivity contribution is 14.0. The number of halogens is 1. The highest BCUT2D eigenvalue weighted by atomic mass is 127. The molecule has 2 aromatic carbocycles. The molecule has 8 heteroatoms. The van der Waals surface area contributed by atoms with E-state index in [1.807, 2.05) is 19.2 Å². The number of aromatic amines is 1. The minimum Gasteiger partial charge on any atom is -0.354 e. The second-order valence-electron chi connectivity index (χ2n) is 8.14. The third kappa shape index (κ3) is 6.77. The first-order valence-corrected chi connectivity index (χ1v) is 10.9. The van der Waals surface area contributed by atoms with E-state index in [1.165, 1.54) is 23.0 Å². The molecule has 4 rings (SSSR count). The Morgan fingerprint density at radius 1 is 1.12 bits per heavy atom. The number of piperidine rings is 1. The molecule has 1 aliphatic heterocycles. The summed E-state index contributed by atoms with van der Waals surface area (Å²) < 4.78 is 0. The molecule has 1 fully saturated rings. The lowest BCUT2D eigenvalue weighted by atomic mass is 10.0. The van der Waals surface area contributed by atoms with Crippen LogP contribution in [0.1, 0.15) is 29.5 Å². The van der Waals surface area contributed by atoms with Gasteiger partial charge < -0.3 is 10.6 Å². The molecule has 7 nitrogen and oxygen atoms in total. The van der Waals surface area contributed by atoms with Gasteiger partial charge in [0.05, 0.1) is 0 Å². The molecule has 0 saturated carbocycles. The Kier molecular flexibility index (Phi) is 9.04. The van der Waals surface area contributed by atoms with Crippen molar-refractivity contribution in [2.24, 2.45) is 4.99 Å². The summed E-state index contributed by atoms with van der Waals surface area (Å²) in [6.07, 6.45) is 3.76. The fraction of sp³-hybridized carbons (Fsp3) is 0.375. The number of H-pyrrole nitrogens is 1. The first-order chi connectivity index (χ1) is 15.2. The molecular weight excluding hydrogens is 513 g/mol. The molecule has 3 aromatic rings. The first kappa shape index (κ1) is 24.2. The lowest BCUT2D eigenvalue weighted by Gasteiger charge is -2.33. The second kappa shape index (κ2) is 12.0. The summed E-state index contributed by atoms with van der Waals surface area (Å²) >= 11 is 0. The lowest BCUT2D eigenvalue weighted by molar-refractivity contribution is 0.198. The lowest BCUT2D eigenvalue weighted by Crippen LogP contribution is -2.48. The van der Waals surface area contributed by atoms with E-state index in [9.17, 15) is 0 Å². The van der Waals surface area contributed by atoms with E-state index in [-0.39, 0.29) is 24.0 Å². The minimum atomic E-state index is 0. The topological polar surface area (TPSA) is 81.2 Å². The van der Waals surface area contributed by atoms with Gasteiger partial charge in [0.15, 0.2) is 11.8 Å². The van der Waals surface area contributed by atoms with Crippen molar-refractivity contribution in [1.29, 1.82) is 0 Å². The van der Waals surface area contributed by atoms with E-state index in [1.54, 1.807) is 0 Å². The van der Waals surface area contributed by atoms with Crippen LogP contribution in [0, 0.1) is 6.92 Å². The molecule has 170 valence electrons. The SMILES string of the molecule is CN=C(NCc1cccc(-c2ncn[nH]2)c1)NC1CCN(Cc2cccc(C)c2)CC1.I. The summed E-state index contributed by atoms with van der Waals surface area (Å²) in [4.78, 5) is 11.2. The third-order valence-corrected chi connectivity index (χ3v) is 5.72. The minimum absolute atomic E-state index is 0. The van der Waals surface area contributed by atoms with E-state index < -0.39 is 0 Å². The van der Waals surface area contributed by atoms with Crippen LogP contribution in [-0.4, -0.2) is 52.2 Å². The van der Waals surface area contributed by atoms with Crippen LogP contribution in [0.25, 0.3) is 11.4 Å². The van der Waals surface area contributed by atoms with Gasteiger partial charge >= 0.3 is 0 Å². The van der Waals surface area contributed by atoms with Gasteiger partial charge in [-0.25, -0.2) is 4.98 Å². The van der Waals surface area contributed by atoms with Gasteiger partial charge in [-0.3, -0.25) is 15.0 Å². The number of aryl methyl sites for hydroxylation is 1. The van der Waals surface area contributed by atoms with Crippen LogP contribution in [0.15, 0.2) is 59.9 Å². The van der Waals surface area contributed by atoms with Gasteiger partial charge in [0.1, 0.15) is 6.33 Å². The number of nitrogens with zero attached hydrogens (tertiary/aromatic N) is 4. The van der Waals surface area contributed by atoms with Crippen LogP contribution in [-0.2, 0) is 13.1 Å². The quantitative estimate of drug-likeness (QED) is 0.250. The van der Waals surface area contributed by atoms with Crippen molar-refractivity contribution in [3.63, 3.8) is 0 Å². The van der Waals surface area contributed by atoms with Crippen molar-refractivity contribution >= 4 is 29.9 Å². The van der Waals surface area contributed by atoms with Crippen molar-refractivity contribution < 1.29 is 0 Å². The summed E-state index contributed by atoms with van der Waals surface area (Å²) in [7, 11) is 1.83. The number of aliphatic imine (C=N–C) groups is 1. The number of aromatic nitrogens is 3. The zero-order chi connectivity index (χ0) is 21.5. The molecule has 0 bridgehead atoms. The third-order valence-electron chi connectivity index (χ3n) is 5.72. The van der Waals surface area contributed by atoms with E-state index in [0.29, 0.717) is 12.6 Å². The number of guanidine groups is 1. The smallest absolute Gasteiger partial charge is 0.191 e. The number of likely N-dealkylation sites (tertiary alicyclic amines) is 1. The van der Waals surface area contributed by atoms with Crippen LogP contribution in [0.2, 0.25) is 0 Å². The maximum atomic E-state index is 4.42. The van der Waals surface area contributed by atoms with E-state index in [2.05, 4.69) is 79.0 Å². The molecule has 1 aromatic heterocycles. The molecule has 0 spiro atoms. The molecule has 0 aliphatic carbocycles. The monoisotopic (exact) mass is 545 g/mol. The molecule has 0 atom stereocenters. The van der Waals surface area contributed by atoms with Crippen LogP contribution in [0.3, 0.4) is 0 Å². The predicted octanol–water partition coefficient (Wildman–Crippen LogP) is 3.73. The van der Waals surface area contributed by atoms with Crippen molar-refractivity contribution in [2.75, 3.05) is 20.1 Å². The van der Waals surface area contributed by atoms with Gasteiger partial charge in [-0.05, 0) is 37.0 Å². The predicted molar refractivity (Wildman–Crippen MR) is 140 cm³/mol. The fourth-order valence-corrected chi connectivity index (χ4v) is 4.05. The molecular formula is C24H32IN7. The van der Waals surface area contributed by atoms with Gasteiger partial charge in [0.25, 0.3) is 0 Å². The Morgan fingerprint density at radius 2 is 1.91 bits per heavy atom. The molecule has 0 unspecified atom stereocenters. The van der Waals surface area contributed by atoms with Crippen molar-refractivity contribution in [3.05, 3.63) is 71.5 Å². The molecule has 0 radical (unpaired) electrons. The van der Waals surface area contributed by atoms with Crippen LogP contribution in [0.4, 0.5) is 0 Å². The van der Waals surface area contributed by atoms with Crippen molar-refractivity contribution in [1.82, 2.24) is 30.7 Å². The molecule has 0 amide bonds. The Morgan fingerprint density at radius 3 is 2.62 bits per heavy atom. The number of hydrogen-bond donors (Lipinski definition) is 3. The van der Waals surface area contributed by atoms with E-state index >= 15 is 0 Å². The maximum absolute atomic E-state index is 4.42. The van der Waals surface area contributed by atoms with Crippen LogP contribution >= 0.6 is 24.0 Å². The van der Waals surface area contributed by atoms with E-state index in [4.69, 9.17) is 0 Å². The summed E-state index contributed by atoms with van der Waals surface area (Å²) in [5.74, 6) is 1.63. The van der Waals surface area contributed by atoms with Gasteiger partial charge in [0, 0.05) is 44.8 Å². The first-order valence-electron chi connectivity index (χ1n) is 10.9. The Balaban J connectivity index is 0.00000289. The Labute approximate surface area is 207 Å².